The van der Waals surface area contributed by atoms with Gasteiger partial charge in [-0.05, 0) is 52.6 Å². The fourth-order valence-corrected chi connectivity index (χ4v) is 4.49. The third-order valence-corrected chi connectivity index (χ3v) is 5.97. The van der Waals surface area contributed by atoms with Crippen molar-refractivity contribution in [2.45, 2.75) is 77.3 Å². The van der Waals surface area contributed by atoms with Crippen LogP contribution in [0.25, 0.3) is 0 Å². The molecular weight excluding hydrogens is 314 g/mol. The van der Waals surface area contributed by atoms with Crippen molar-refractivity contribution in [3.8, 4) is 0 Å². The molecule has 0 radical (unpaired) electrons. The van der Waals surface area contributed by atoms with E-state index in [1.807, 2.05) is 6.33 Å². The maximum atomic E-state index is 12.8. The smallest absolute Gasteiger partial charge is 0.236 e. The minimum Gasteiger partial charge on any atom is -0.339 e. The Labute approximate surface area is 151 Å². The molecule has 1 aliphatic heterocycles. The van der Waals surface area contributed by atoms with Crippen molar-refractivity contribution in [1.29, 1.82) is 0 Å². The maximum absolute atomic E-state index is 12.8. The number of likely N-dealkylation sites (N-methyl/N-ethyl adjacent to an activating group) is 1. The molecule has 1 saturated carbocycles. The molecule has 0 bridgehead atoms. The van der Waals surface area contributed by atoms with Crippen molar-refractivity contribution in [2.75, 3.05) is 26.2 Å². The lowest BCUT2D eigenvalue weighted by Gasteiger charge is -2.36. The first-order valence-corrected chi connectivity index (χ1v) is 10.1. The summed E-state index contributed by atoms with van der Waals surface area (Å²) in [5.74, 6) is 1.92. The van der Waals surface area contributed by atoms with Gasteiger partial charge in [0.05, 0.1) is 6.54 Å². The summed E-state index contributed by atoms with van der Waals surface area (Å²) < 4.78 is 2.15. The lowest BCUT2D eigenvalue weighted by molar-refractivity contribution is -0.135. The Kier molecular flexibility index (Phi) is 6.45. The second-order valence-electron chi connectivity index (χ2n) is 7.50. The average molecular weight is 348 g/mol. The molecular formula is C19H33N5O. The second-order valence-corrected chi connectivity index (χ2v) is 7.50. The van der Waals surface area contributed by atoms with E-state index >= 15 is 0 Å². The Morgan fingerprint density at radius 3 is 2.52 bits per heavy atom. The molecule has 6 nitrogen and oxygen atoms in total. The van der Waals surface area contributed by atoms with E-state index in [-0.39, 0.29) is 0 Å². The number of piperidine rings is 1. The Bertz CT molecular complexity index is 544. The average Bonchev–Trinajstić information content (AvgIpc) is 3.12. The number of amides is 1. The van der Waals surface area contributed by atoms with Crippen molar-refractivity contribution in [3.05, 3.63) is 12.2 Å². The van der Waals surface area contributed by atoms with Gasteiger partial charge in [0.2, 0.25) is 5.91 Å². The summed E-state index contributed by atoms with van der Waals surface area (Å²) in [6.45, 7) is 8.57. The molecule has 0 aromatic carbocycles. The molecule has 0 spiro atoms. The summed E-state index contributed by atoms with van der Waals surface area (Å²) in [5.41, 5.74) is 0. The van der Waals surface area contributed by atoms with Crippen molar-refractivity contribution >= 4 is 5.91 Å². The molecule has 140 valence electrons. The van der Waals surface area contributed by atoms with E-state index in [0.29, 0.717) is 24.4 Å². The van der Waals surface area contributed by atoms with Crippen LogP contribution in [0.1, 0.15) is 70.5 Å². The zero-order valence-corrected chi connectivity index (χ0v) is 15.9. The highest BCUT2D eigenvalue weighted by molar-refractivity contribution is 5.78. The molecule has 2 fully saturated rings. The van der Waals surface area contributed by atoms with Crippen LogP contribution in [0.15, 0.2) is 6.33 Å². The highest BCUT2D eigenvalue weighted by atomic mass is 16.2. The summed E-state index contributed by atoms with van der Waals surface area (Å²) in [5, 5.41) is 8.38. The van der Waals surface area contributed by atoms with Crippen LogP contribution in [-0.2, 0) is 11.3 Å². The van der Waals surface area contributed by atoms with Crippen LogP contribution in [0.2, 0.25) is 0 Å². The van der Waals surface area contributed by atoms with Gasteiger partial charge in [0.15, 0.2) is 0 Å². The summed E-state index contributed by atoms with van der Waals surface area (Å²) >= 11 is 0. The Morgan fingerprint density at radius 1 is 1.16 bits per heavy atom. The molecule has 1 saturated heterocycles. The van der Waals surface area contributed by atoms with Crippen molar-refractivity contribution in [1.82, 2.24) is 24.6 Å². The van der Waals surface area contributed by atoms with Gasteiger partial charge in [-0.2, -0.15) is 0 Å². The van der Waals surface area contributed by atoms with Gasteiger partial charge in [-0.15, -0.1) is 10.2 Å². The van der Waals surface area contributed by atoms with Crippen molar-refractivity contribution < 1.29 is 4.79 Å². The zero-order valence-electron chi connectivity index (χ0n) is 15.9. The molecule has 1 aliphatic carbocycles. The van der Waals surface area contributed by atoms with E-state index in [1.165, 1.54) is 32.1 Å². The van der Waals surface area contributed by atoms with Gasteiger partial charge in [-0.1, -0.05) is 19.3 Å². The Morgan fingerprint density at radius 2 is 1.88 bits per heavy atom. The lowest BCUT2D eigenvalue weighted by Crippen LogP contribution is -2.47. The third kappa shape index (κ3) is 4.40. The highest BCUT2D eigenvalue weighted by Crippen LogP contribution is 2.27. The van der Waals surface area contributed by atoms with Crippen LogP contribution in [0.4, 0.5) is 0 Å². The van der Waals surface area contributed by atoms with Crippen molar-refractivity contribution in [2.24, 2.45) is 0 Å². The fraction of sp³-hybridized carbons (Fsp3) is 0.842. The quantitative estimate of drug-likeness (QED) is 0.794. The topological polar surface area (TPSA) is 54.3 Å². The number of hydrogen-bond acceptors (Lipinski definition) is 4. The number of carbonyl (C=O) groups excluding carboxylic acids is 1. The summed E-state index contributed by atoms with van der Waals surface area (Å²) in [6.07, 6.45) is 10.2. The van der Waals surface area contributed by atoms with Crippen molar-refractivity contribution in [3.63, 3.8) is 0 Å². The van der Waals surface area contributed by atoms with Crippen LogP contribution in [0.5, 0.6) is 0 Å². The SMILES string of the molecule is CCN(C(=O)CN1CCC(c2nncn2CC)CC1)C1CCCCC1. The molecule has 3 rings (SSSR count). The van der Waals surface area contributed by atoms with E-state index in [2.05, 4.69) is 38.4 Å². The van der Waals surface area contributed by atoms with Gasteiger partial charge in [-0.25, -0.2) is 0 Å². The maximum Gasteiger partial charge on any atom is 0.236 e. The normalized spacial score (nSPS) is 20.7. The van der Waals surface area contributed by atoms with Gasteiger partial charge in [0, 0.05) is 25.0 Å². The number of aryl methyl sites for hydroxylation is 1. The first kappa shape index (κ1) is 18.4. The Balaban J connectivity index is 1.50. The minimum atomic E-state index is 0.324. The molecule has 1 aromatic rings. The summed E-state index contributed by atoms with van der Waals surface area (Å²) in [7, 11) is 0. The largest absolute Gasteiger partial charge is 0.339 e. The van der Waals surface area contributed by atoms with Crippen LogP contribution in [0, 0.1) is 0 Å². The van der Waals surface area contributed by atoms with E-state index in [1.54, 1.807) is 0 Å². The molecule has 0 atom stereocenters. The van der Waals surface area contributed by atoms with Gasteiger partial charge < -0.3 is 9.47 Å². The fourth-order valence-electron chi connectivity index (χ4n) is 4.49. The molecule has 0 unspecified atom stereocenters. The van der Waals surface area contributed by atoms with Gasteiger partial charge in [-0.3, -0.25) is 9.69 Å². The van der Waals surface area contributed by atoms with Gasteiger partial charge in [0.1, 0.15) is 12.2 Å². The van der Waals surface area contributed by atoms with Crippen LogP contribution in [-0.4, -0.2) is 62.7 Å². The van der Waals surface area contributed by atoms with Gasteiger partial charge >= 0.3 is 0 Å². The lowest BCUT2D eigenvalue weighted by atomic mass is 9.94. The predicted octanol–water partition coefficient (Wildman–Crippen LogP) is 2.66. The van der Waals surface area contributed by atoms with Crippen LogP contribution in [0.3, 0.4) is 0 Å². The molecule has 0 N–H and O–H groups in total. The molecule has 1 aromatic heterocycles. The summed E-state index contributed by atoms with van der Waals surface area (Å²) in [6, 6.07) is 0.479. The first-order valence-electron chi connectivity index (χ1n) is 10.1. The predicted molar refractivity (Wildman–Crippen MR) is 98.4 cm³/mol. The van der Waals surface area contributed by atoms with E-state index < -0.39 is 0 Å². The number of aromatic nitrogens is 3. The monoisotopic (exact) mass is 347 g/mol. The highest BCUT2D eigenvalue weighted by Gasteiger charge is 2.28. The van der Waals surface area contributed by atoms with Crippen LogP contribution >= 0.6 is 0 Å². The number of likely N-dealkylation sites (tertiary alicyclic amines) is 1. The zero-order chi connectivity index (χ0) is 17.6. The second kappa shape index (κ2) is 8.79. The van der Waals surface area contributed by atoms with Gasteiger partial charge in [0.25, 0.3) is 0 Å². The van der Waals surface area contributed by atoms with E-state index in [9.17, 15) is 4.79 Å². The summed E-state index contributed by atoms with van der Waals surface area (Å²) in [4.78, 5) is 17.3. The van der Waals surface area contributed by atoms with E-state index in [0.717, 1.165) is 44.8 Å². The number of carbonyl (C=O) groups is 1. The number of rotatable bonds is 6. The molecule has 25 heavy (non-hydrogen) atoms. The molecule has 2 aliphatic rings. The minimum absolute atomic E-state index is 0.324. The molecule has 1 amide bonds. The standard InChI is InChI=1S/C19H33N5O/c1-3-23-15-20-21-19(23)16-10-12-22(13-11-16)14-18(25)24(4-2)17-8-6-5-7-9-17/h15-17H,3-14H2,1-2H3. The van der Waals surface area contributed by atoms with Crippen LogP contribution < -0.4 is 0 Å². The molecule has 2 heterocycles. The first-order chi connectivity index (χ1) is 12.2. The number of nitrogens with zero attached hydrogens (tertiary/aromatic N) is 5. The molecule has 6 heteroatoms. The Hall–Kier alpha value is -1.43. The van der Waals surface area contributed by atoms with E-state index in [4.69, 9.17) is 0 Å². The third-order valence-electron chi connectivity index (χ3n) is 5.97. The number of hydrogen-bond donors (Lipinski definition) is 0.